The molecule has 2 heterocycles. The maximum absolute atomic E-state index is 13.9. The number of nitrogens with one attached hydrogen (secondary N) is 1. The van der Waals surface area contributed by atoms with Gasteiger partial charge in [0, 0.05) is 38.2 Å². The lowest BCUT2D eigenvalue weighted by Crippen LogP contribution is -2.51. The molecule has 3 rings (SSSR count). The number of fused-ring (bicyclic) bond motifs is 1. The van der Waals surface area contributed by atoms with Gasteiger partial charge < -0.3 is 24.4 Å². The molecule has 0 radical (unpaired) electrons. The molecule has 12 heteroatoms. The molecular formula is C24H32F3N3O6. The van der Waals surface area contributed by atoms with Gasteiger partial charge in [0.25, 0.3) is 0 Å². The van der Waals surface area contributed by atoms with Crippen molar-refractivity contribution in [2.45, 2.75) is 91.0 Å². The molecule has 3 atom stereocenters. The SMILES string of the molecule is CC(=O)OC(C)[C@]1(C(=O)N2CCc3ncc(OC(F)(F)F)cc3C2)CC[C@@H](NC(=O)OC(C)(C)C)C1. The Hall–Kier alpha value is -3.05. The van der Waals surface area contributed by atoms with Crippen LogP contribution in [0.1, 0.15) is 65.1 Å². The van der Waals surface area contributed by atoms with Gasteiger partial charge in [-0.15, -0.1) is 13.2 Å². The predicted molar refractivity (Wildman–Crippen MR) is 121 cm³/mol. The number of carbonyl (C=O) groups is 3. The van der Waals surface area contributed by atoms with Crippen LogP contribution in [0.4, 0.5) is 18.0 Å². The highest BCUT2D eigenvalue weighted by molar-refractivity contribution is 5.85. The first-order valence-electron chi connectivity index (χ1n) is 11.8. The summed E-state index contributed by atoms with van der Waals surface area (Å²) in [5.74, 6) is -1.29. The molecule has 1 N–H and O–H groups in total. The zero-order valence-electron chi connectivity index (χ0n) is 21.0. The fourth-order valence-electron chi connectivity index (χ4n) is 4.85. The minimum atomic E-state index is -4.86. The van der Waals surface area contributed by atoms with E-state index in [1.807, 2.05) is 0 Å². The molecule has 0 bridgehead atoms. The molecule has 1 fully saturated rings. The lowest BCUT2D eigenvalue weighted by atomic mass is 9.78. The van der Waals surface area contributed by atoms with E-state index in [9.17, 15) is 27.6 Å². The zero-order chi connectivity index (χ0) is 26.9. The second-order valence-corrected chi connectivity index (χ2v) is 10.3. The van der Waals surface area contributed by atoms with Crippen molar-refractivity contribution in [3.63, 3.8) is 0 Å². The highest BCUT2D eigenvalue weighted by Gasteiger charge is 2.53. The van der Waals surface area contributed by atoms with Crippen LogP contribution in [0.3, 0.4) is 0 Å². The summed E-state index contributed by atoms with van der Waals surface area (Å²) in [4.78, 5) is 43.5. The van der Waals surface area contributed by atoms with Crippen LogP contribution < -0.4 is 10.1 Å². The number of esters is 1. The van der Waals surface area contributed by atoms with Crippen molar-refractivity contribution in [1.29, 1.82) is 0 Å². The van der Waals surface area contributed by atoms with E-state index in [0.717, 1.165) is 6.20 Å². The van der Waals surface area contributed by atoms with Crippen molar-refractivity contribution in [2.75, 3.05) is 6.54 Å². The Labute approximate surface area is 207 Å². The second-order valence-electron chi connectivity index (χ2n) is 10.3. The van der Waals surface area contributed by atoms with Gasteiger partial charge in [0.2, 0.25) is 5.91 Å². The van der Waals surface area contributed by atoms with Crippen molar-refractivity contribution >= 4 is 18.0 Å². The van der Waals surface area contributed by atoms with Gasteiger partial charge in [-0.1, -0.05) is 0 Å². The van der Waals surface area contributed by atoms with Gasteiger partial charge in [-0.25, -0.2) is 4.79 Å². The maximum Gasteiger partial charge on any atom is 0.573 e. The Morgan fingerprint density at radius 1 is 1.25 bits per heavy atom. The Bertz CT molecular complexity index is 1010. The number of rotatable bonds is 5. The summed E-state index contributed by atoms with van der Waals surface area (Å²) < 4.78 is 52.7. The van der Waals surface area contributed by atoms with Crippen LogP contribution in [0.25, 0.3) is 0 Å². The summed E-state index contributed by atoms with van der Waals surface area (Å²) >= 11 is 0. The molecule has 0 spiro atoms. The minimum absolute atomic E-state index is 0.0366. The average Bonchev–Trinajstić information content (AvgIpc) is 3.14. The number of alkyl carbamates (subject to hydrolysis) is 1. The van der Waals surface area contributed by atoms with Crippen LogP contribution in [0.15, 0.2) is 12.3 Å². The molecule has 0 aromatic carbocycles. The van der Waals surface area contributed by atoms with E-state index in [1.165, 1.54) is 17.9 Å². The Morgan fingerprint density at radius 3 is 2.56 bits per heavy atom. The fourth-order valence-corrected chi connectivity index (χ4v) is 4.85. The molecule has 0 saturated heterocycles. The van der Waals surface area contributed by atoms with Crippen LogP contribution in [-0.2, 0) is 32.0 Å². The fraction of sp³-hybridized carbons (Fsp3) is 0.667. The number of nitrogens with zero attached hydrogens (tertiary/aromatic N) is 2. The third-order valence-corrected chi connectivity index (χ3v) is 6.35. The van der Waals surface area contributed by atoms with Crippen LogP contribution in [0, 0.1) is 5.41 Å². The number of aromatic nitrogens is 1. The molecule has 1 aliphatic heterocycles. The van der Waals surface area contributed by atoms with E-state index in [2.05, 4.69) is 15.0 Å². The number of hydrogen-bond donors (Lipinski definition) is 1. The number of carbonyl (C=O) groups excluding carboxylic acids is 3. The van der Waals surface area contributed by atoms with E-state index >= 15 is 0 Å². The monoisotopic (exact) mass is 515 g/mol. The van der Waals surface area contributed by atoms with Gasteiger partial charge in [-0.05, 0) is 58.6 Å². The van der Waals surface area contributed by atoms with E-state index < -0.39 is 41.3 Å². The number of pyridine rings is 1. The minimum Gasteiger partial charge on any atom is -0.462 e. The highest BCUT2D eigenvalue weighted by atomic mass is 19.4. The quantitative estimate of drug-likeness (QED) is 0.593. The van der Waals surface area contributed by atoms with Gasteiger partial charge in [0.05, 0.1) is 11.6 Å². The summed E-state index contributed by atoms with van der Waals surface area (Å²) in [6.45, 7) is 8.46. The number of alkyl halides is 3. The molecule has 200 valence electrons. The van der Waals surface area contributed by atoms with E-state index in [1.54, 1.807) is 27.7 Å². The summed E-state index contributed by atoms with van der Waals surface area (Å²) in [6.07, 6.45) is -3.85. The number of ether oxygens (including phenoxy) is 3. The van der Waals surface area contributed by atoms with Gasteiger partial charge in [-0.2, -0.15) is 0 Å². The van der Waals surface area contributed by atoms with Crippen molar-refractivity contribution in [2.24, 2.45) is 5.41 Å². The normalized spacial score (nSPS) is 22.9. The molecule has 1 unspecified atom stereocenters. The van der Waals surface area contributed by atoms with Crippen molar-refractivity contribution in [3.8, 4) is 5.75 Å². The molecule has 1 aromatic heterocycles. The van der Waals surface area contributed by atoms with Crippen LogP contribution in [0.5, 0.6) is 5.75 Å². The Balaban J connectivity index is 1.80. The second kappa shape index (κ2) is 10.1. The Morgan fingerprint density at radius 2 is 1.94 bits per heavy atom. The average molecular weight is 516 g/mol. The largest absolute Gasteiger partial charge is 0.573 e. The zero-order valence-corrected chi connectivity index (χ0v) is 21.0. The summed E-state index contributed by atoms with van der Waals surface area (Å²) in [6, 6.07) is 0.853. The first-order chi connectivity index (χ1) is 16.6. The van der Waals surface area contributed by atoms with E-state index in [0.29, 0.717) is 37.1 Å². The molecule has 1 aliphatic carbocycles. The Kier molecular flexibility index (Phi) is 7.75. The van der Waals surface area contributed by atoms with Crippen LogP contribution >= 0.6 is 0 Å². The summed E-state index contributed by atoms with van der Waals surface area (Å²) in [5.41, 5.74) is -0.763. The standard InChI is InChI=1S/C24H32F3N3O6/c1-14(34-15(2)31)23(8-6-17(11-23)29-21(33)36-22(3,4)5)20(32)30-9-7-19-16(13-30)10-18(12-28-19)35-24(25,26)27/h10,12,14,17H,6-9,11,13H2,1-5H3,(H,29,33)/t14?,17-,23+/m1/s1. The molecular weight excluding hydrogens is 483 g/mol. The smallest absolute Gasteiger partial charge is 0.462 e. The summed E-state index contributed by atoms with van der Waals surface area (Å²) in [5, 5.41) is 2.80. The van der Waals surface area contributed by atoms with E-state index in [4.69, 9.17) is 9.47 Å². The number of hydrogen-bond acceptors (Lipinski definition) is 7. The van der Waals surface area contributed by atoms with Crippen LogP contribution in [-0.4, -0.2) is 58.5 Å². The molecule has 36 heavy (non-hydrogen) atoms. The highest BCUT2D eigenvalue weighted by Crippen LogP contribution is 2.45. The topological polar surface area (TPSA) is 107 Å². The van der Waals surface area contributed by atoms with Gasteiger partial charge in [0.15, 0.2) is 0 Å². The van der Waals surface area contributed by atoms with Crippen molar-refractivity contribution in [3.05, 3.63) is 23.5 Å². The maximum atomic E-state index is 13.9. The molecule has 9 nitrogen and oxygen atoms in total. The van der Waals surface area contributed by atoms with Gasteiger partial charge in [0.1, 0.15) is 17.5 Å². The lowest BCUT2D eigenvalue weighted by Gasteiger charge is -2.39. The number of amides is 2. The molecule has 1 saturated carbocycles. The van der Waals surface area contributed by atoms with Crippen LogP contribution in [0.2, 0.25) is 0 Å². The predicted octanol–water partition coefficient (Wildman–Crippen LogP) is 3.88. The number of halogens is 3. The summed E-state index contributed by atoms with van der Waals surface area (Å²) in [7, 11) is 0. The molecule has 1 aromatic rings. The third kappa shape index (κ3) is 6.79. The third-order valence-electron chi connectivity index (χ3n) is 6.35. The van der Waals surface area contributed by atoms with Crippen molar-refractivity contribution < 1.29 is 41.8 Å². The van der Waals surface area contributed by atoms with Gasteiger partial charge in [-0.3, -0.25) is 14.6 Å². The first-order valence-corrected chi connectivity index (χ1v) is 11.8. The van der Waals surface area contributed by atoms with E-state index in [-0.39, 0.29) is 24.9 Å². The van der Waals surface area contributed by atoms with Gasteiger partial charge >= 0.3 is 18.4 Å². The molecule has 2 amide bonds. The van der Waals surface area contributed by atoms with Crippen molar-refractivity contribution in [1.82, 2.24) is 15.2 Å². The first kappa shape index (κ1) is 27.5. The lowest BCUT2D eigenvalue weighted by molar-refractivity contribution is -0.274. The molecule has 2 aliphatic rings.